The van der Waals surface area contributed by atoms with E-state index in [1.165, 1.54) is 25.0 Å². The van der Waals surface area contributed by atoms with E-state index in [1.54, 1.807) is 12.1 Å². The number of halogens is 1. The largest absolute Gasteiger partial charge is 0.382 e. The Hall–Kier alpha value is -1.05. The Balaban J connectivity index is 1.91. The van der Waals surface area contributed by atoms with Gasteiger partial charge < -0.3 is 5.32 Å². The average Bonchev–Trinajstić information content (AvgIpc) is 2.06. The van der Waals surface area contributed by atoms with Crippen LogP contribution in [0.25, 0.3) is 0 Å². The van der Waals surface area contributed by atoms with Crippen molar-refractivity contribution in [1.82, 2.24) is 0 Å². The molecule has 13 heavy (non-hydrogen) atoms. The highest BCUT2D eigenvalue weighted by Crippen LogP contribution is 2.29. The van der Waals surface area contributed by atoms with Crippen molar-refractivity contribution in [3.8, 4) is 0 Å². The lowest BCUT2D eigenvalue weighted by molar-refractivity contribution is 0.309. The van der Waals surface area contributed by atoms with Crippen molar-refractivity contribution in [2.24, 2.45) is 5.92 Å². The van der Waals surface area contributed by atoms with E-state index in [1.807, 2.05) is 0 Å². The lowest BCUT2D eigenvalue weighted by atomic mass is 9.82. The van der Waals surface area contributed by atoms with Gasteiger partial charge in [0, 0.05) is 11.7 Å². The summed E-state index contributed by atoms with van der Waals surface area (Å²) in [6.45, 7) is 2.25. The lowest BCUT2D eigenvalue weighted by Crippen LogP contribution is -2.33. The fourth-order valence-electron chi connectivity index (χ4n) is 1.80. The molecule has 0 heterocycles. The second-order valence-corrected chi connectivity index (χ2v) is 3.92. The van der Waals surface area contributed by atoms with Gasteiger partial charge in [-0.05, 0) is 43.0 Å². The van der Waals surface area contributed by atoms with Crippen LogP contribution in [0.5, 0.6) is 0 Å². The van der Waals surface area contributed by atoms with Gasteiger partial charge in [0.15, 0.2) is 0 Å². The molecule has 1 saturated carbocycles. The SMILES string of the molecule is CC1CC(Nc2ccc(F)cc2)C1. The van der Waals surface area contributed by atoms with Crippen molar-refractivity contribution >= 4 is 5.69 Å². The molecule has 0 radical (unpaired) electrons. The van der Waals surface area contributed by atoms with Crippen molar-refractivity contribution in [2.75, 3.05) is 5.32 Å². The Kier molecular flexibility index (Phi) is 2.21. The Bertz CT molecular complexity index is 275. The molecule has 2 heteroatoms. The Morgan fingerprint density at radius 2 is 1.85 bits per heavy atom. The zero-order chi connectivity index (χ0) is 9.26. The molecular formula is C11H14FN. The van der Waals surface area contributed by atoms with Crippen LogP contribution in [0.15, 0.2) is 24.3 Å². The highest BCUT2D eigenvalue weighted by atomic mass is 19.1. The molecule has 0 saturated heterocycles. The normalized spacial score (nSPS) is 26.6. The monoisotopic (exact) mass is 179 g/mol. The molecule has 1 aromatic rings. The van der Waals surface area contributed by atoms with E-state index in [0.29, 0.717) is 6.04 Å². The van der Waals surface area contributed by atoms with Crippen molar-refractivity contribution in [1.29, 1.82) is 0 Å². The second-order valence-electron chi connectivity index (χ2n) is 3.92. The summed E-state index contributed by atoms with van der Waals surface area (Å²) in [6.07, 6.45) is 2.47. The smallest absolute Gasteiger partial charge is 0.123 e. The molecule has 1 aromatic carbocycles. The maximum atomic E-state index is 12.6. The number of hydrogen-bond donors (Lipinski definition) is 1. The van der Waals surface area contributed by atoms with E-state index in [2.05, 4.69) is 12.2 Å². The summed E-state index contributed by atoms with van der Waals surface area (Å²) in [6, 6.07) is 7.16. The molecule has 1 nitrogen and oxygen atoms in total. The molecule has 0 aliphatic heterocycles. The fourth-order valence-corrected chi connectivity index (χ4v) is 1.80. The molecule has 1 aliphatic carbocycles. The van der Waals surface area contributed by atoms with E-state index < -0.39 is 0 Å². The Labute approximate surface area is 78.0 Å². The predicted molar refractivity (Wildman–Crippen MR) is 52.2 cm³/mol. The van der Waals surface area contributed by atoms with Gasteiger partial charge in [-0.15, -0.1) is 0 Å². The van der Waals surface area contributed by atoms with Crippen molar-refractivity contribution in [3.63, 3.8) is 0 Å². The third-order valence-electron chi connectivity index (χ3n) is 2.59. The minimum Gasteiger partial charge on any atom is -0.382 e. The summed E-state index contributed by atoms with van der Waals surface area (Å²) < 4.78 is 12.6. The fraction of sp³-hybridized carbons (Fsp3) is 0.455. The van der Waals surface area contributed by atoms with Gasteiger partial charge in [0.1, 0.15) is 5.82 Å². The predicted octanol–water partition coefficient (Wildman–Crippen LogP) is 3.04. The zero-order valence-corrected chi connectivity index (χ0v) is 7.76. The van der Waals surface area contributed by atoms with Crippen LogP contribution in [0, 0.1) is 11.7 Å². The van der Waals surface area contributed by atoms with Gasteiger partial charge in [-0.2, -0.15) is 0 Å². The first-order valence-electron chi connectivity index (χ1n) is 4.76. The van der Waals surface area contributed by atoms with E-state index in [4.69, 9.17) is 0 Å². The molecule has 0 spiro atoms. The molecule has 2 rings (SSSR count). The van der Waals surface area contributed by atoms with Crippen LogP contribution < -0.4 is 5.32 Å². The summed E-state index contributed by atoms with van der Waals surface area (Å²) in [5.74, 6) is 0.672. The standard InChI is InChI=1S/C11H14FN/c1-8-6-11(7-8)13-10-4-2-9(12)3-5-10/h2-5,8,11,13H,6-7H2,1H3. The summed E-state index contributed by atoms with van der Waals surface area (Å²) in [4.78, 5) is 0. The molecule has 1 fully saturated rings. The van der Waals surface area contributed by atoms with Crippen molar-refractivity contribution in [2.45, 2.75) is 25.8 Å². The van der Waals surface area contributed by atoms with Gasteiger partial charge in [-0.1, -0.05) is 6.92 Å². The molecule has 1 aliphatic rings. The summed E-state index contributed by atoms with van der Waals surface area (Å²) in [7, 11) is 0. The second kappa shape index (κ2) is 3.36. The van der Waals surface area contributed by atoms with E-state index in [0.717, 1.165) is 11.6 Å². The van der Waals surface area contributed by atoms with Gasteiger partial charge in [0.25, 0.3) is 0 Å². The number of benzene rings is 1. The summed E-state index contributed by atoms with van der Waals surface area (Å²) >= 11 is 0. The van der Waals surface area contributed by atoms with Gasteiger partial charge in [-0.25, -0.2) is 4.39 Å². The van der Waals surface area contributed by atoms with Crippen molar-refractivity contribution < 1.29 is 4.39 Å². The quantitative estimate of drug-likeness (QED) is 0.735. The maximum absolute atomic E-state index is 12.6. The van der Waals surface area contributed by atoms with E-state index in [9.17, 15) is 4.39 Å². The number of hydrogen-bond acceptors (Lipinski definition) is 1. The highest BCUT2D eigenvalue weighted by Gasteiger charge is 2.24. The van der Waals surface area contributed by atoms with Crippen LogP contribution in [0.4, 0.5) is 10.1 Å². The van der Waals surface area contributed by atoms with Crippen LogP contribution in [-0.2, 0) is 0 Å². The lowest BCUT2D eigenvalue weighted by Gasteiger charge is -2.34. The highest BCUT2D eigenvalue weighted by molar-refractivity contribution is 5.44. The van der Waals surface area contributed by atoms with Gasteiger partial charge in [-0.3, -0.25) is 0 Å². The maximum Gasteiger partial charge on any atom is 0.123 e. The third-order valence-corrected chi connectivity index (χ3v) is 2.59. The molecular weight excluding hydrogens is 165 g/mol. The van der Waals surface area contributed by atoms with Gasteiger partial charge in [0.2, 0.25) is 0 Å². The number of nitrogens with one attached hydrogen (secondary N) is 1. The molecule has 1 N–H and O–H groups in total. The first kappa shape index (κ1) is 8.54. The number of rotatable bonds is 2. The van der Waals surface area contributed by atoms with Crippen LogP contribution >= 0.6 is 0 Å². The average molecular weight is 179 g/mol. The third kappa shape index (κ3) is 2.00. The Morgan fingerprint density at radius 3 is 2.38 bits per heavy atom. The zero-order valence-electron chi connectivity index (χ0n) is 7.76. The minimum atomic E-state index is -0.174. The Morgan fingerprint density at radius 1 is 1.23 bits per heavy atom. The minimum absolute atomic E-state index is 0.174. The van der Waals surface area contributed by atoms with E-state index >= 15 is 0 Å². The van der Waals surface area contributed by atoms with Crippen LogP contribution in [-0.4, -0.2) is 6.04 Å². The molecule has 0 amide bonds. The van der Waals surface area contributed by atoms with Gasteiger partial charge in [0.05, 0.1) is 0 Å². The molecule has 0 bridgehead atoms. The van der Waals surface area contributed by atoms with E-state index in [-0.39, 0.29) is 5.82 Å². The van der Waals surface area contributed by atoms with Crippen LogP contribution in [0.2, 0.25) is 0 Å². The van der Waals surface area contributed by atoms with Crippen molar-refractivity contribution in [3.05, 3.63) is 30.1 Å². The molecule has 0 unspecified atom stereocenters. The summed E-state index contributed by atoms with van der Waals surface area (Å²) in [5.41, 5.74) is 1.03. The first-order valence-corrected chi connectivity index (χ1v) is 4.76. The molecule has 0 atom stereocenters. The summed E-state index contributed by atoms with van der Waals surface area (Å²) in [5, 5.41) is 3.37. The van der Waals surface area contributed by atoms with Crippen LogP contribution in [0.1, 0.15) is 19.8 Å². The van der Waals surface area contributed by atoms with Crippen LogP contribution in [0.3, 0.4) is 0 Å². The topological polar surface area (TPSA) is 12.0 Å². The van der Waals surface area contributed by atoms with Gasteiger partial charge >= 0.3 is 0 Å². The first-order chi connectivity index (χ1) is 6.24. The molecule has 0 aromatic heterocycles. The molecule has 70 valence electrons. The number of anilines is 1.